The number of carbonyl (C=O) groups excluding carboxylic acids is 2. The summed E-state index contributed by atoms with van der Waals surface area (Å²) in [7, 11) is 0. The predicted octanol–water partition coefficient (Wildman–Crippen LogP) is 9.38. The molecule has 0 aliphatic rings. The Morgan fingerprint density at radius 1 is 0.345 bits per heavy atom. The van der Waals surface area contributed by atoms with E-state index in [1.54, 1.807) is 0 Å². The molecule has 0 saturated carbocycles. The van der Waals surface area contributed by atoms with E-state index in [9.17, 15) is 9.59 Å². The number of hydrogen-bond donors (Lipinski definition) is 0. The maximum Gasteiger partial charge on any atom is 0.119 e. The fourth-order valence-corrected chi connectivity index (χ4v) is 3.61. The number of hydrogen-bond acceptors (Lipinski definition) is 2. The largest absolute Gasteiger partial charge is 0.303 e. The summed E-state index contributed by atoms with van der Waals surface area (Å²) in [5.74, 6) is 0. The molecule has 0 aromatic carbocycles. The van der Waals surface area contributed by atoms with Crippen molar-refractivity contribution in [3.8, 4) is 0 Å². The second kappa shape index (κ2) is 32.0. The Bertz CT molecular complexity index is 288. The molecule has 0 fully saturated rings. The molecule has 174 valence electrons. The van der Waals surface area contributed by atoms with Gasteiger partial charge in [0.05, 0.1) is 0 Å². The zero-order chi connectivity index (χ0) is 21.7. The van der Waals surface area contributed by atoms with Gasteiger partial charge in [0.2, 0.25) is 0 Å². The summed E-state index contributed by atoms with van der Waals surface area (Å²) >= 11 is 0. The van der Waals surface area contributed by atoms with E-state index in [-0.39, 0.29) is 0 Å². The third-order valence-electron chi connectivity index (χ3n) is 5.60. The lowest BCUT2D eigenvalue weighted by molar-refractivity contribution is -0.108. The SMILES string of the molecule is CCCCCCCCCCCCC=O.CCCCCCCCCCCCCC=O. The maximum atomic E-state index is 10.1. The van der Waals surface area contributed by atoms with Gasteiger partial charge in [-0.1, -0.05) is 136 Å². The topological polar surface area (TPSA) is 34.1 Å². The minimum Gasteiger partial charge on any atom is -0.303 e. The molecule has 2 nitrogen and oxygen atoms in total. The van der Waals surface area contributed by atoms with Crippen LogP contribution < -0.4 is 0 Å². The van der Waals surface area contributed by atoms with E-state index in [0.29, 0.717) is 0 Å². The Morgan fingerprint density at radius 3 is 0.759 bits per heavy atom. The first-order chi connectivity index (χ1) is 14.3. The lowest BCUT2D eigenvalue weighted by Gasteiger charge is -2.01. The van der Waals surface area contributed by atoms with Gasteiger partial charge in [-0.05, 0) is 12.8 Å². The lowest BCUT2D eigenvalue weighted by Crippen LogP contribution is -1.82. The molecule has 0 aromatic heterocycles. The van der Waals surface area contributed by atoms with Crippen LogP contribution in [0.5, 0.6) is 0 Å². The van der Waals surface area contributed by atoms with Crippen LogP contribution in [0.15, 0.2) is 0 Å². The van der Waals surface area contributed by atoms with E-state index in [4.69, 9.17) is 0 Å². The van der Waals surface area contributed by atoms with Gasteiger partial charge in [0.15, 0.2) is 0 Å². The van der Waals surface area contributed by atoms with E-state index in [1.807, 2.05) is 0 Å². The van der Waals surface area contributed by atoms with Crippen molar-refractivity contribution in [1.82, 2.24) is 0 Å². The van der Waals surface area contributed by atoms with Gasteiger partial charge in [0.25, 0.3) is 0 Å². The van der Waals surface area contributed by atoms with E-state index in [1.165, 1.54) is 122 Å². The summed E-state index contributed by atoms with van der Waals surface area (Å²) < 4.78 is 0. The van der Waals surface area contributed by atoms with Gasteiger partial charge in [0.1, 0.15) is 12.6 Å². The van der Waals surface area contributed by atoms with E-state index < -0.39 is 0 Å². The molecule has 0 aromatic rings. The Labute approximate surface area is 184 Å². The van der Waals surface area contributed by atoms with Crippen molar-refractivity contribution in [2.45, 2.75) is 162 Å². The minimum absolute atomic E-state index is 0.760. The van der Waals surface area contributed by atoms with Gasteiger partial charge in [-0.3, -0.25) is 0 Å². The number of carbonyl (C=O) groups is 2. The average Bonchev–Trinajstić information content (AvgIpc) is 2.74. The van der Waals surface area contributed by atoms with Crippen LogP contribution in [0, 0.1) is 0 Å². The van der Waals surface area contributed by atoms with Crippen molar-refractivity contribution >= 4 is 12.6 Å². The molecule has 0 bridgehead atoms. The van der Waals surface area contributed by atoms with Crippen LogP contribution >= 0.6 is 0 Å². The molecule has 0 amide bonds. The van der Waals surface area contributed by atoms with Crippen molar-refractivity contribution in [2.24, 2.45) is 0 Å². The Balaban J connectivity index is 0. The first-order valence-electron chi connectivity index (χ1n) is 13.2. The molecule has 0 aliphatic carbocycles. The number of rotatable bonds is 23. The number of aldehydes is 2. The monoisotopic (exact) mass is 410 g/mol. The van der Waals surface area contributed by atoms with Crippen molar-refractivity contribution in [3.63, 3.8) is 0 Å². The zero-order valence-corrected chi connectivity index (χ0v) is 20.2. The fraction of sp³-hybridized carbons (Fsp3) is 0.926. The summed E-state index contributed by atoms with van der Waals surface area (Å²) in [6.45, 7) is 4.52. The van der Waals surface area contributed by atoms with Gasteiger partial charge in [-0.2, -0.15) is 0 Å². The average molecular weight is 411 g/mol. The van der Waals surface area contributed by atoms with Gasteiger partial charge < -0.3 is 9.59 Å². The van der Waals surface area contributed by atoms with Crippen LogP contribution in [0.3, 0.4) is 0 Å². The summed E-state index contributed by atoms with van der Waals surface area (Å²) in [6, 6.07) is 0. The number of unbranched alkanes of at least 4 members (excludes halogenated alkanes) is 21. The summed E-state index contributed by atoms with van der Waals surface area (Å²) in [5, 5.41) is 0. The summed E-state index contributed by atoms with van der Waals surface area (Å²) in [5.41, 5.74) is 0. The van der Waals surface area contributed by atoms with E-state index >= 15 is 0 Å². The van der Waals surface area contributed by atoms with E-state index in [0.717, 1.165) is 38.3 Å². The molecule has 0 rings (SSSR count). The fourth-order valence-electron chi connectivity index (χ4n) is 3.61. The van der Waals surface area contributed by atoms with Crippen LogP contribution in [0.2, 0.25) is 0 Å². The molecule has 0 unspecified atom stereocenters. The van der Waals surface area contributed by atoms with Gasteiger partial charge >= 0.3 is 0 Å². The van der Waals surface area contributed by atoms with Gasteiger partial charge in [-0.15, -0.1) is 0 Å². The third-order valence-corrected chi connectivity index (χ3v) is 5.60. The Kier molecular flexibility index (Phi) is 33.7. The highest BCUT2D eigenvalue weighted by molar-refractivity contribution is 5.49. The summed E-state index contributed by atoms with van der Waals surface area (Å²) in [6.07, 6.45) is 31.9. The maximum absolute atomic E-state index is 10.1. The highest BCUT2D eigenvalue weighted by atomic mass is 16.1. The second-order valence-electron chi connectivity index (χ2n) is 8.63. The molecule has 0 heterocycles. The molecular formula is C27H54O2. The van der Waals surface area contributed by atoms with Crippen molar-refractivity contribution < 1.29 is 9.59 Å². The normalized spacial score (nSPS) is 10.4. The molecule has 0 N–H and O–H groups in total. The van der Waals surface area contributed by atoms with Crippen molar-refractivity contribution in [3.05, 3.63) is 0 Å². The van der Waals surface area contributed by atoms with Crippen LogP contribution in [-0.4, -0.2) is 12.6 Å². The highest BCUT2D eigenvalue weighted by Crippen LogP contribution is 2.12. The first-order valence-corrected chi connectivity index (χ1v) is 13.2. The standard InChI is InChI=1S/C14H28O.C13H26O/c1-2-3-4-5-6-7-8-9-10-11-12-13-14-15;1-2-3-4-5-6-7-8-9-10-11-12-13-14/h14H,2-13H2,1H3;13H,2-12H2,1H3. The van der Waals surface area contributed by atoms with Gasteiger partial charge in [0, 0.05) is 12.8 Å². The molecule has 29 heavy (non-hydrogen) atoms. The molecule has 0 radical (unpaired) electrons. The van der Waals surface area contributed by atoms with Crippen LogP contribution in [0.1, 0.15) is 162 Å². The Hall–Kier alpha value is -0.660. The third kappa shape index (κ3) is 35.2. The summed E-state index contributed by atoms with van der Waals surface area (Å²) in [4.78, 5) is 20.1. The van der Waals surface area contributed by atoms with Crippen LogP contribution in [0.4, 0.5) is 0 Å². The molecule has 0 saturated heterocycles. The van der Waals surface area contributed by atoms with E-state index in [2.05, 4.69) is 13.8 Å². The molecule has 0 atom stereocenters. The van der Waals surface area contributed by atoms with Crippen LogP contribution in [0.25, 0.3) is 0 Å². The minimum atomic E-state index is 0.760. The highest BCUT2D eigenvalue weighted by Gasteiger charge is 1.93. The lowest BCUT2D eigenvalue weighted by atomic mass is 10.1. The first kappa shape index (κ1) is 30.5. The van der Waals surface area contributed by atoms with Gasteiger partial charge in [-0.25, -0.2) is 0 Å². The molecule has 0 spiro atoms. The molecule has 0 aliphatic heterocycles. The van der Waals surface area contributed by atoms with Crippen LogP contribution in [-0.2, 0) is 9.59 Å². The molecular weight excluding hydrogens is 356 g/mol. The molecule has 2 heteroatoms. The predicted molar refractivity (Wildman–Crippen MR) is 130 cm³/mol. The Morgan fingerprint density at radius 2 is 0.552 bits per heavy atom. The second-order valence-corrected chi connectivity index (χ2v) is 8.63. The smallest absolute Gasteiger partial charge is 0.119 e. The quantitative estimate of drug-likeness (QED) is 0.124. The van der Waals surface area contributed by atoms with Crippen molar-refractivity contribution in [2.75, 3.05) is 0 Å². The van der Waals surface area contributed by atoms with Crippen molar-refractivity contribution in [1.29, 1.82) is 0 Å². The zero-order valence-electron chi connectivity index (χ0n) is 20.2.